The topological polar surface area (TPSA) is 75.9 Å². The molecule has 3 rings (SSSR count). The number of carbonyl (C=O) groups is 2. The summed E-state index contributed by atoms with van der Waals surface area (Å²) in [5, 5.41) is 0. The summed E-state index contributed by atoms with van der Waals surface area (Å²) in [4.78, 5) is 27.8. The van der Waals surface area contributed by atoms with E-state index in [4.69, 9.17) is 10.5 Å². The van der Waals surface area contributed by atoms with Crippen LogP contribution in [0.3, 0.4) is 0 Å². The van der Waals surface area contributed by atoms with Crippen LogP contribution in [0.15, 0.2) is 18.2 Å². The quantitative estimate of drug-likeness (QED) is 0.844. The van der Waals surface area contributed by atoms with Gasteiger partial charge in [0, 0.05) is 24.3 Å². The SMILES string of the molecule is Cc1ccc2c(c1)C(N)C(=O)N2CC(=O)N1CCOCC1. The Kier molecular flexibility index (Phi) is 3.65. The molecule has 2 aliphatic heterocycles. The van der Waals surface area contributed by atoms with Gasteiger partial charge in [-0.05, 0) is 13.0 Å². The van der Waals surface area contributed by atoms with E-state index in [1.807, 2.05) is 25.1 Å². The minimum Gasteiger partial charge on any atom is -0.378 e. The predicted octanol–water partition coefficient (Wildman–Crippen LogP) is 0.200. The Morgan fingerprint density at radius 3 is 2.81 bits per heavy atom. The van der Waals surface area contributed by atoms with Crippen LogP contribution in [0, 0.1) is 6.92 Å². The summed E-state index contributed by atoms with van der Waals surface area (Å²) in [6.45, 7) is 4.26. The van der Waals surface area contributed by atoms with Crippen molar-refractivity contribution in [3.8, 4) is 0 Å². The van der Waals surface area contributed by atoms with Crippen molar-refractivity contribution in [3.05, 3.63) is 29.3 Å². The van der Waals surface area contributed by atoms with Gasteiger partial charge in [0.25, 0.3) is 0 Å². The number of hydrogen-bond acceptors (Lipinski definition) is 4. The third-order valence-corrected chi connectivity index (χ3v) is 4.00. The molecule has 2 amide bonds. The largest absolute Gasteiger partial charge is 0.378 e. The maximum atomic E-state index is 12.3. The molecule has 1 aromatic carbocycles. The van der Waals surface area contributed by atoms with Gasteiger partial charge < -0.3 is 20.3 Å². The number of rotatable bonds is 2. The summed E-state index contributed by atoms with van der Waals surface area (Å²) in [5.74, 6) is -0.274. The van der Waals surface area contributed by atoms with Gasteiger partial charge in [-0.3, -0.25) is 9.59 Å². The number of aryl methyl sites for hydroxylation is 1. The molecule has 2 aliphatic rings. The number of hydrogen-bond donors (Lipinski definition) is 1. The van der Waals surface area contributed by atoms with E-state index >= 15 is 0 Å². The van der Waals surface area contributed by atoms with Crippen molar-refractivity contribution < 1.29 is 14.3 Å². The van der Waals surface area contributed by atoms with Gasteiger partial charge in [0.2, 0.25) is 11.8 Å². The molecule has 2 N–H and O–H groups in total. The molecule has 1 fully saturated rings. The molecule has 0 radical (unpaired) electrons. The lowest BCUT2D eigenvalue weighted by molar-refractivity contribution is -0.135. The summed E-state index contributed by atoms with van der Waals surface area (Å²) in [7, 11) is 0. The summed E-state index contributed by atoms with van der Waals surface area (Å²) in [5.41, 5.74) is 8.57. The van der Waals surface area contributed by atoms with Gasteiger partial charge in [0.15, 0.2) is 0 Å². The molecule has 0 saturated carbocycles. The van der Waals surface area contributed by atoms with Gasteiger partial charge in [-0.1, -0.05) is 17.7 Å². The highest BCUT2D eigenvalue weighted by molar-refractivity contribution is 6.07. The van der Waals surface area contributed by atoms with Gasteiger partial charge in [0.05, 0.1) is 13.2 Å². The zero-order valence-electron chi connectivity index (χ0n) is 12.0. The van der Waals surface area contributed by atoms with Crippen molar-refractivity contribution in [2.24, 2.45) is 5.73 Å². The second-order valence-electron chi connectivity index (χ2n) is 5.46. The van der Waals surface area contributed by atoms with Crippen molar-refractivity contribution in [2.75, 3.05) is 37.7 Å². The van der Waals surface area contributed by atoms with Crippen molar-refractivity contribution in [1.82, 2.24) is 4.90 Å². The average Bonchev–Trinajstić information content (AvgIpc) is 2.73. The molecular weight excluding hydrogens is 270 g/mol. The highest BCUT2D eigenvalue weighted by atomic mass is 16.5. The monoisotopic (exact) mass is 289 g/mol. The fraction of sp³-hybridized carbons (Fsp3) is 0.467. The number of nitrogens with zero attached hydrogens (tertiary/aromatic N) is 2. The highest BCUT2D eigenvalue weighted by Gasteiger charge is 2.36. The number of nitrogens with two attached hydrogens (primary N) is 1. The molecule has 1 unspecified atom stereocenters. The Morgan fingerprint density at radius 1 is 1.38 bits per heavy atom. The number of benzene rings is 1. The molecule has 1 saturated heterocycles. The Labute approximate surface area is 123 Å². The highest BCUT2D eigenvalue weighted by Crippen LogP contribution is 2.34. The van der Waals surface area contributed by atoms with Crippen LogP contribution in [0.4, 0.5) is 5.69 Å². The molecule has 0 aliphatic carbocycles. The number of ether oxygens (including phenoxy) is 1. The van der Waals surface area contributed by atoms with E-state index in [-0.39, 0.29) is 18.4 Å². The molecule has 21 heavy (non-hydrogen) atoms. The zero-order valence-corrected chi connectivity index (χ0v) is 12.0. The van der Waals surface area contributed by atoms with Crippen molar-refractivity contribution in [2.45, 2.75) is 13.0 Å². The van der Waals surface area contributed by atoms with Crippen LogP contribution in [0.5, 0.6) is 0 Å². The number of amides is 2. The Hall–Kier alpha value is -1.92. The third kappa shape index (κ3) is 2.52. The summed E-state index contributed by atoms with van der Waals surface area (Å²) in [6.07, 6.45) is 0. The van der Waals surface area contributed by atoms with Crippen LogP contribution in [-0.2, 0) is 14.3 Å². The van der Waals surface area contributed by atoms with Crippen LogP contribution < -0.4 is 10.6 Å². The Morgan fingerprint density at radius 2 is 2.10 bits per heavy atom. The molecule has 0 aromatic heterocycles. The van der Waals surface area contributed by atoms with E-state index in [1.165, 1.54) is 4.90 Å². The standard InChI is InChI=1S/C15H19N3O3/c1-10-2-3-12-11(8-10)14(16)15(20)18(12)9-13(19)17-4-6-21-7-5-17/h2-3,8,14H,4-7,9,16H2,1H3. The minimum atomic E-state index is -0.669. The second kappa shape index (κ2) is 5.46. The minimum absolute atomic E-state index is 0.0442. The molecule has 112 valence electrons. The molecule has 6 nitrogen and oxygen atoms in total. The fourth-order valence-electron chi connectivity index (χ4n) is 2.80. The smallest absolute Gasteiger partial charge is 0.249 e. The van der Waals surface area contributed by atoms with E-state index in [0.717, 1.165) is 16.8 Å². The van der Waals surface area contributed by atoms with E-state index < -0.39 is 6.04 Å². The van der Waals surface area contributed by atoms with E-state index in [0.29, 0.717) is 26.3 Å². The summed E-state index contributed by atoms with van der Waals surface area (Å²) in [6, 6.07) is 5.03. The Bertz CT molecular complexity index is 582. The molecule has 0 bridgehead atoms. The first-order valence-electron chi connectivity index (χ1n) is 7.11. The van der Waals surface area contributed by atoms with Crippen molar-refractivity contribution in [3.63, 3.8) is 0 Å². The van der Waals surface area contributed by atoms with Gasteiger partial charge in [-0.25, -0.2) is 0 Å². The zero-order chi connectivity index (χ0) is 15.0. The van der Waals surface area contributed by atoms with E-state index in [1.54, 1.807) is 4.90 Å². The lowest BCUT2D eigenvalue weighted by Gasteiger charge is -2.28. The van der Waals surface area contributed by atoms with Crippen molar-refractivity contribution >= 4 is 17.5 Å². The van der Waals surface area contributed by atoms with Crippen LogP contribution in [0.2, 0.25) is 0 Å². The van der Waals surface area contributed by atoms with Crippen LogP contribution in [0.25, 0.3) is 0 Å². The van der Waals surface area contributed by atoms with Gasteiger partial charge in [-0.2, -0.15) is 0 Å². The second-order valence-corrected chi connectivity index (χ2v) is 5.46. The predicted molar refractivity (Wildman–Crippen MR) is 77.9 cm³/mol. The lowest BCUT2D eigenvalue weighted by atomic mass is 10.1. The van der Waals surface area contributed by atoms with Crippen LogP contribution in [0.1, 0.15) is 17.2 Å². The number of anilines is 1. The molecule has 1 atom stereocenters. The van der Waals surface area contributed by atoms with E-state index in [9.17, 15) is 9.59 Å². The molecule has 1 aromatic rings. The fourth-order valence-corrected chi connectivity index (χ4v) is 2.80. The lowest BCUT2D eigenvalue weighted by Crippen LogP contribution is -2.47. The van der Waals surface area contributed by atoms with E-state index in [2.05, 4.69) is 0 Å². The number of morpholine rings is 1. The van der Waals surface area contributed by atoms with Crippen LogP contribution >= 0.6 is 0 Å². The average molecular weight is 289 g/mol. The van der Waals surface area contributed by atoms with Gasteiger partial charge >= 0.3 is 0 Å². The molecule has 6 heteroatoms. The maximum Gasteiger partial charge on any atom is 0.249 e. The van der Waals surface area contributed by atoms with Gasteiger partial charge in [0.1, 0.15) is 12.6 Å². The third-order valence-electron chi connectivity index (χ3n) is 4.00. The number of fused-ring (bicyclic) bond motifs is 1. The molecule has 2 heterocycles. The molecule has 0 spiro atoms. The van der Waals surface area contributed by atoms with Crippen LogP contribution in [-0.4, -0.2) is 49.6 Å². The number of carbonyl (C=O) groups excluding carboxylic acids is 2. The molecular formula is C15H19N3O3. The normalized spacial score (nSPS) is 21.6. The summed E-state index contributed by atoms with van der Waals surface area (Å²) < 4.78 is 5.23. The summed E-state index contributed by atoms with van der Waals surface area (Å²) >= 11 is 0. The first-order valence-corrected chi connectivity index (χ1v) is 7.11. The first-order chi connectivity index (χ1) is 10.1. The maximum absolute atomic E-state index is 12.3. The van der Waals surface area contributed by atoms with Gasteiger partial charge in [-0.15, -0.1) is 0 Å². The van der Waals surface area contributed by atoms with Crippen molar-refractivity contribution in [1.29, 1.82) is 0 Å². The Balaban J connectivity index is 1.80. The first kappa shape index (κ1) is 14.0.